The van der Waals surface area contributed by atoms with Crippen LogP contribution in [0.3, 0.4) is 0 Å². The first kappa shape index (κ1) is 14.4. The third-order valence-electron chi connectivity index (χ3n) is 3.98. The van der Waals surface area contributed by atoms with Crippen LogP contribution in [0.5, 0.6) is 5.75 Å². The Balaban J connectivity index is 2.26. The Bertz CT molecular complexity index is 803. The second-order valence-electron chi connectivity index (χ2n) is 5.54. The summed E-state index contributed by atoms with van der Waals surface area (Å²) in [7, 11) is 1.58. The Morgan fingerprint density at radius 2 is 2.00 bits per heavy atom. The number of benzene rings is 1. The fourth-order valence-corrected chi connectivity index (χ4v) is 2.67. The number of carbonyl (C=O) groups is 1. The maximum atomic E-state index is 12.6. The van der Waals surface area contributed by atoms with Crippen molar-refractivity contribution in [3.8, 4) is 11.4 Å². The van der Waals surface area contributed by atoms with Gasteiger partial charge in [0.25, 0.3) is 5.56 Å². The van der Waals surface area contributed by atoms with Crippen LogP contribution in [0.4, 0.5) is 0 Å². The summed E-state index contributed by atoms with van der Waals surface area (Å²) in [6.45, 7) is 1.88. The molecule has 0 radical (unpaired) electrons. The Morgan fingerprint density at radius 3 is 2.55 bits per heavy atom. The van der Waals surface area contributed by atoms with Gasteiger partial charge in [0.2, 0.25) is 0 Å². The number of ether oxygens (including phenoxy) is 1. The average Bonchev–Trinajstić information content (AvgIpc) is 3.31. The van der Waals surface area contributed by atoms with Crippen LogP contribution < -0.4 is 10.3 Å². The molecule has 114 valence electrons. The summed E-state index contributed by atoms with van der Waals surface area (Å²) in [6.07, 6.45) is 2.06. The maximum absolute atomic E-state index is 12.6. The van der Waals surface area contributed by atoms with Gasteiger partial charge in [-0.3, -0.25) is 9.36 Å². The lowest BCUT2D eigenvalue weighted by Gasteiger charge is -2.16. The molecule has 1 heterocycles. The minimum Gasteiger partial charge on any atom is -0.497 e. The first-order valence-electron chi connectivity index (χ1n) is 7.17. The van der Waals surface area contributed by atoms with Gasteiger partial charge in [-0.15, -0.1) is 0 Å². The fraction of sp³-hybridized carbons (Fsp3) is 0.294. The van der Waals surface area contributed by atoms with Crippen LogP contribution in [0.2, 0.25) is 0 Å². The highest BCUT2D eigenvalue weighted by molar-refractivity contribution is 5.87. The number of hydrogen-bond donors (Lipinski definition) is 1. The average molecular weight is 299 g/mol. The highest BCUT2D eigenvalue weighted by Gasteiger charge is 2.29. The molecule has 0 spiro atoms. The second-order valence-corrected chi connectivity index (χ2v) is 5.54. The van der Waals surface area contributed by atoms with Crippen molar-refractivity contribution < 1.29 is 14.6 Å². The topological polar surface area (TPSA) is 68.5 Å². The van der Waals surface area contributed by atoms with E-state index in [2.05, 4.69) is 0 Å². The molecule has 5 nitrogen and oxygen atoms in total. The first-order chi connectivity index (χ1) is 10.5. The molecule has 1 fully saturated rings. The Kier molecular flexibility index (Phi) is 3.48. The van der Waals surface area contributed by atoms with E-state index in [1.807, 2.05) is 13.0 Å². The zero-order valence-corrected chi connectivity index (χ0v) is 12.5. The summed E-state index contributed by atoms with van der Waals surface area (Å²) in [4.78, 5) is 23.9. The molecule has 2 aromatic rings. The predicted octanol–water partition coefficient (Wildman–Crippen LogP) is 2.73. The van der Waals surface area contributed by atoms with E-state index in [1.54, 1.807) is 25.3 Å². The van der Waals surface area contributed by atoms with Gasteiger partial charge in [0.1, 0.15) is 11.3 Å². The van der Waals surface area contributed by atoms with E-state index in [1.165, 1.54) is 10.6 Å². The largest absolute Gasteiger partial charge is 0.497 e. The summed E-state index contributed by atoms with van der Waals surface area (Å²) in [6, 6.07) is 8.58. The van der Waals surface area contributed by atoms with Crippen LogP contribution in [-0.2, 0) is 0 Å². The van der Waals surface area contributed by atoms with Crippen LogP contribution in [0, 0.1) is 6.92 Å². The van der Waals surface area contributed by atoms with Crippen molar-refractivity contribution >= 4 is 5.97 Å². The van der Waals surface area contributed by atoms with Crippen molar-refractivity contribution in [1.29, 1.82) is 0 Å². The number of aromatic carboxylic acids is 1. The van der Waals surface area contributed by atoms with E-state index in [9.17, 15) is 14.7 Å². The van der Waals surface area contributed by atoms with Gasteiger partial charge in [0, 0.05) is 5.69 Å². The number of carboxylic acid groups (broad SMARTS) is 1. The molecule has 1 N–H and O–H groups in total. The molecule has 1 aromatic heterocycles. The molecule has 0 amide bonds. The van der Waals surface area contributed by atoms with Gasteiger partial charge in [-0.2, -0.15) is 0 Å². The Labute approximate surface area is 127 Å². The van der Waals surface area contributed by atoms with Crippen molar-refractivity contribution in [2.24, 2.45) is 0 Å². The third kappa shape index (κ3) is 2.39. The molecule has 22 heavy (non-hydrogen) atoms. The Morgan fingerprint density at radius 1 is 1.27 bits per heavy atom. The standard InChI is InChI=1S/C17H17NO4/c1-10-9-12(22-2)5-7-14(10)18-15(11-3-4-11)8-6-13(16(18)19)17(20)21/h5-9,11H,3-4H2,1-2H3,(H,20,21). The highest BCUT2D eigenvalue weighted by Crippen LogP contribution is 2.40. The van der Waals surface area contributed by atoms with E-state index in [-0.39, 0.29) is 5.56 Å². The van der Waals surface area contributed by atoms with Gasteiger partial charge in [-0.25, -0.2) is 4.79 Å². The lowest BCUT2D eigenvalue weighted by Crippen LogP contribution is -2.27. The van der Waals surface area contributed by atoms with Crippen LogP contribution in [0.15, 0.2) is 35.1 Å². The lowest BCUT2D eigenvalue weighted by molar-refractivity contribution is 0.0694. The molecule has 5 heteroatoms. The number of nitrogens with zero attached hydrogens (tertiary/aromatic N) is 1. The number of aromatic nitrogens is 1. The number of carboxylic acids is 1. The number of rotatable bonds is 4. The summed E-state index contributed by atoms with van der Waals surface area (Å²) in [5, 5.41) is 9.20. The zero-order chi connectivity index (χ0) is 15.9. The minimum atomic E-state index is -1.20. The molecular weight excluding hydrogens is 282 g/mol. The molecule has 1 aliphatic rings. The summed E-state index contributed by atoms with van der Waals surface area (Å²) < 4.78 is 6.72. The van der Waals surface area contributed by atoms with Gasteiger partial charge in [0.15, 0.2) is 0 Å². The predicted molar refractivity (Wildman–Crippen MR) is 82.3 cm³/mol. The number of aryl methyl sites for hydroxylation is 1. The summed E-state index contributed by atoms with van der Waals surface area (Å²) >= 11 is 0. The SMILES string of the molecule is COc1ccc(-n2c(C3CC3)ccc(C(=O)O)c2=O)c(C)c1. The van der Waals surface area contributed by atoms with E-state index >= 15 is 0 Å². The van der Waals surface area contributed by atoms with E-state index in [0.717, 1.165) is 24.1 Å². The molecule has 0 saturated heterocycles. The van der Waals surface area contributed by atoms with Gasteiger partial charge in [-0.1, -0.05) is 0 Å². The highest BCUT2D eigenvalue weighted by atomic mass is 16.5. The van der Waals surface area contributed by atoms with Crippen molar-refractivity contribution in [2.45, 2.75) is 25.7 Å². The van der Waals surface area contributed by atoms with Crippen LogP contribution in [-0.4, -0.2) is 22.8 Å². The smallest absolute Gasteiger partial charge is 0.341 e. The van der Waals surface area contributed by atoms with Crippen LogP contribution in [0.1, 0.15) is 40.4 Å². The van der Waals surface area contributed by atoms with Crippen molar-refractivity contribution in [3.05, 3.63) is 57.5 Å². The van der Waals surface area contributed by atoms with E-state index < -0.39 is 11.5 Å². The normalized spacial score (nSPS) is 13.9. The Hall–Kier alpha value is -2.56. The quantitative estimate of drug-likeness (QED) is 0.942. The molecular formula is C17H17NO4. The molecule has 1 aliphatic carbocycles. The van der Waals surface area contributed by atoms with Crippen molar-refractivity contribution in [1.82, 2.24) is 4.57 Å². The fourth-order valence-electron chi connectivity index (χ4n) is 2.67. The first-order valence-corrected chi connectivity index (χ1v) is 7.17. The van der Waals surface area contributed by atoms with Crippen LogP contribution >= 0.6 is 0 Å². The lowest BCUT2D eigenvalue weighted by atomic mass is 10.1. The minimum absolute atomic E-state index is 0.209. The molecule has 0 unspecified atom stereocenters. The molecule has 0 aliphatic heterocycles. The van der Waals surface area contributed by atoms with Gasteiger partial charge < -0.3 is 9.84 Å². The molecule has 3 rings (SSSR count). The summed E-state index contributed by atoms with van der Waals surface area (Å²) in [5.41, 5.74) is 1.76. The third-order valence-corrected chi connectivity index (χ3v) is 3.98. The second kappa shape index (κ2) is 5.33. The zero-order valence-electron chi connectivity index (χ0n) is 12.5. The van der Waals surface area contributed by atoms with Crippen molar-refractivity contribution in [2.75, 3.05) is 7.11 Å². The molecule has 0 atom stereocenters. The molecule has 0 bridgehead atoms. The van der Waals surface area contributed by atoms with Gasteiger partial charge >= 0.3 is 5.97 Å². The molecule has 1 saturated carbocycles. The summed E-state index contributed by atoms with van der Waals surface area (Å²) in [5.74, 6) is -0.166. The van der Waals surface area contributed by atoms with Crippen LogP contribution in [0.25, 0.3) is 5.69 Å². The number of methoxy groups -OCH3 is 1. The number of pyridine rings is 1. The van der Waals surface area contributed by atoms with Gasteiger partial charge in [0.05, 0.1) is 12.8 Å². The van der Waals surface area contributed by atoms with Gasteiger partial charge in [-0.05, 0) is 61.6 Å². The van der Waals surface area contributed by atoms with Crippen molar-refractivity contribution in [3.63, 3.8) is 0 Å². The van der Waals surface area contributed by atoms with E-state index in [4.69, 9.17) is 4.74 Å². The monoisotopic (exact) mass is 299 g/mol. The maximum Gasteiger partial charge on any atom is 0.341 e. The number of hydrogen-bond acceptors (Lipinski definition) is 3. The van der Waals surface area contributed by atoms with E-state index in [0.29, 0.717) is 17.4 Å². The molecule has 1 aromatic carbocycles.